The Morgan fingerprint density at radius 2 is 1.58 bits per heavy atom. The van der Waals surface area contributed by atoms with E-state index in [1.54, 1.807) is 6.92 Å². The molecule has 0 heterocycles. The Kier molecular flexibility index (Phi) is 6.07. The molecular weight excluding hydrogens is 306 g/mol. The van der Waals surface area contributed by atoms with Gasteiger partial charge in [0.25, 0.3) is 0 Å². The van der Waals surface area contributed by atoms with E-state index in [2.05, 4.69) is 6.07 Å². The number of benzene rings is 2. The van der Waals surface area contributed by atoms with Gasteiger partial charge in [0, 0.05) is 6.54 Å². The van der Waals surface area contributed by atoms with Gasteiger partial charge in [-0.25, -0.2) is 4.79 Å². The molecule has 0 aliphatic carbocycles. The van der Waals surface area contributed by atoms with Crippen LogP contribution in [0.2, 0.25) is 0 Å². The Morgan fingerprint density at radius 3 is 2.12 bits per heavy atom. The van der Waals surface area contributed by atoms with E-state index in [4.69, 9.17) is 14.6 Å². The number of hydrogen-bond donors (Lipinski definition) is 1. The van der Waals surface area contributed by atoms with Crippen LogP contribution in [0.3, 0.4) is 0 Å². The first-order valence-electron chi connectivity index (χ1n) is 7.95. The third-order valence-electron chi connectivity index (χ3n) is 3.54. The summed E-state index contributed by atoms with van der Waals surface area (Å²) in [7, 11) is 0. The van der Waals surface area contributed by atoms with Gasteiger partial charge in [-0.1, -0.05) is 6.07 Å². The van der Waals surface area contributed by atoms with E-state index < -0.39 is 6.09 Å². The molecule has 0 aliphatic heterocycles. The predicted octanol–water partition coefficient (Wildman–Crippen LogP) is 4.47. The van der Waals surface area contributed by atoms with Crippen molar-refractivity contribution < 1.29 is 19.4 Å². The molecule has 1 N–H and O–H groups in total. The van der Waals surface area contributed by atoms with Gasteiger partial charge >= 0.3 is 6.09 Å². The average molecular weight is 329 g/mol. The lowest BCUT2D eigenvalue weighted by molar-refractivity contribution is 0.138. The van der Waals surface area contributed by atoms with Gasteiger partial charge in [-0.05, 0) is 68.3 Å². The van der Waals surface area contributed by atoms with Crippen LogP contribution in [0, 0.1) is 13.8 Å². The SMILES string of the molecule is CCN(CCOc1ccc(Oc2cc(C)cc(C)c2)cc1)C(=O)O. The number of nitrogens with zero attached hydrogens (tertiary/aromatic N) is 1. The zero-order chi connectivity index (χ0) is 17.5. The summed E-state index contributed by atoms with van der Waals surface area (Å²) in [5.74, 6) is 2.22. The zero-order valence-electron chi connectivity index (χ0n) is 14.3. The highest BCUT2D eigenvalue weighted by Crippen LogP contribution is 2.25. The van der Waals surface area contributed by atoms with E-state index in [1.807, 2.05) is 50.2 Å². The zero-order valence-corrected chi connectivity index (χ0v) is 14.3. The van der Waals surface area contributed by atoms with Crippen molar-refractivity contribution in [1.82, 2.24) is 4.90 Å². The van der Waals surface area contributed by atoms with Crippen molar-refractivity contribution in [2.24, 2.45) is 0 Å². The van der Waals surface area contributed by atoms with Crippen LogP contribution < -0.4 is 9.47 Å². The standard InChI is InChI=1S/C19H23NO4/c1-4-20(19(21)22)9-10-23-16-5-7-17(8-6-16)24-18-12-14(2)11-15(3)13-18/h5-8,11-13H,4,9-10H2,1-3H3,(H,21,22). The van der Waals surface area contributed by atoms with Gasteiger partial charge in [-0.3, -0.25) is 0 Å². The molecule has 5 heteroatoms. The molecule has 0 saturated carbocycles. The number of rotatable bonds is 7. The fourth-order valence-corrected chi connectivity index (χ4v) is 2.39. The number of ether oxygens (including phenoxy) is 2. The van der Waals surface area contributed by atoms with Crippen LogP contribution in [-0.4, -0.2) is 35.8 Å². The molecule has 0 radical (unpaired) electrons. The van der Waals surface area contributed by atoms with Gasteiger partial charge in [-0.15, -0.1) is 0 Å². The lowest BCUT2D eigenvalue weighted by atomic mass is 10.1. The quantitative estimate of drug-likeness (QED) is 0.814. The van der Waals surface area contributed by atoms with Gasteiger partial charge < -0.3 is 19.5 Å². The van der Waals surface area contributed by atoms with Crippen LogP contribution in [0.4, 0.5) is 4.79 Å². The minimum atomic E-state index is -0.932. The van der Waals surface area contributed by atoms with Crippen molar-refractivity contribution in [3.63, 3.8) is 0 Å². The minimum Gasteiger partial charge on any atom is -0.492 e. The highest BCUT2D eigenvalue weighted by molar-refractivity contribution is 5.64. The smallest absolute Gasteiger partial charge is 0.407 e. The molecule has 2 rings (SSSR count). The van der Waals surface area contributed by atoms with Crippen LogP contribution >= 0.6 is 0 Å². The van der Waals surface area contributed by atoms with Crippen LogP contribution in [0.5, 0.6) is 17.2 Å². The molecular formula is C19H23NO4. The van der Waals surface area contributed by atoms with Crippen LogP contribution in [0.25, 0.3) is 0 Å². The number of aryl methyl sites for hydroxylation is 2. The molecule has 0 atom stereocenters. The fraction of sp³-hybridized carbons (Fsp3) is 0.316. The Balaban J connectivity index is 1.89. The largest absolute Gasteiger partial charge is 0.492 e. The first-order chi connectivity index (χ1) is 11.5. The molecule has 0 aromatic heterocycles. The van der Waals surface area contributed by atoms with E-state index in [9.17, 15) is 4.79 Å². The van der Waals surface area contributed by atoms with Crippen molar-refractivity contribution in [3.05, 3.63) is 53.6 Å². The first kappa shape index (κ1) is 17.7. The Bertz CT molecular complexity index is 662. The van der Waals surface area contributed by atoms with E-state index in [1.165, 1.54) is 4.90 Å². The van der Waals surface area contributed by atoms with E-state index in [0.29, 0.717) is 25.4 Å². The van der Waals surface area contributed by atoms with E-state index in [-0.39, 0.29) is 0 Å². The maximum atomic E-state index is 10.9. The molecule has 0 aliphatic rings. The molecule has 2 aromatic carbocycles. The lowest BCUT2D eigenvalue weighted by Gasteiger charge is -2.17. The topological polar surface area (TPSA) is 59.0 Å². The summed E-state index contributed by atoms with van der Waals surface area (Å²) in [6.45, 7) is 6.97. The summed E-state index contributed by atoms with van der Waals surface area (Å²) in [4.78, 5) is 12.2. The molecule has 0 bridgehead atoms. The van der Waals surface area contributed by atoms with Crippen LogP contribution in [0.1, 0.15) is 18.1 Å². The van der Waals surface area contributed by atoms with Crippen LogP contribution in [0.15, 0.2) is 42.5 Å². The molecule has 0 saturated heterocycles. The van der Waals surface area contributed by atoms with Gasteiger partial charge in [0.05, 0.1) is 6.54 Å². The fourth-order valence-electron chi connectivity index (χ4n) is 2.39. The summed E-state index contributed by atoms with van der Waals surface area (Å²) in [6, 6.07) is 13.4. The van der Waals surface area contributed by atoms with Crippen molar-refractivity contribution in [1.29, 1.82) is 0 Å². The molecule has 1 amide bonds. The molecule has 0 unspecified atom stereocenters. The molecule has 5 nitrogen and oxygen atoms in total. The number of amides is 1. The summed E-state index contributed by atoms with van der Waals surface area (Å²) >= 11 is 0. The highest BCUT2D eigenvalue weighted by atomic mass is 16.5. The Morgan fingerprint density at radius 1 is 1.00 bits per heavy atom. The summed E-state index contributed by atoms with van der Waals surface area (Å²) in [5, 5.41) is 8.94. The second-order valence-corrected chi connectivity index (χ2v) is 5.61. The monoisotopic (exact) mass is 329 g/mol. The van der Waals surface area contributed by atoms with Crippen molar-refractivity contribution >= 4 is 6.09 Å². The number of carbonyl (C=O) groups is 1. The summed E-state index contributed by atoms with van der Waals surface area (Å²) in [5.41, 5.74) is 2.31. The summed E-state index contributed by atoms with van der Waals surface area (Å²) in [6.07, 6.45) is -0.932. The minimum absolute atomic E-state index is 0.317. The third-order valence-corrected chi connectivity index (χ3v) is 3.54. The van der Waals surface area contributed by atoms with Gasteiger partial charge in [0.1, 0.15) is 23.9 Å². The first-order valence-corrected chi connectivity index (χ1v) is 7.95. The highest BCUT2D eigenvalue weighted by Gasteiger charge is 2.08. The molecule has 24 heavy (non-hydrogen) atoms. The molecule has 0 fully saturated rings. The second-order valence-electron chi connectivity index (χ2n) is 5.61. The maximum absolute atomic E-state index is 10.9. The number of hydrogen-bond acceptors (Lipinski definition) is 3. The molecule has 0 spiro atoms. The number of carboxylic acid groups (broad SMARTS) is 1. The molecule has 128 valence electrons. The van der Waals surface area contributed by atoms with Crippen molar-refractivity contribution in [2.45, 2.75) is 20.8 Å². The van der Waals surface area contributed by atoms with Crippen molar-refractivity contribution in [2.75, 3.05) is 19.7 Å². The second kappa shape index (κ2) is 8.24. The van der Waals surface area contributed by atoms with Crippen LogP contribution in [-0.2, 0) is 0 Å². The lowest BCUT2D eigenvalue weighted by Crippen LogP contribution is -2.33. The van der Waals surface area contributed by atoms with Gasteiger partial charge in [0.15, 0.2) is 0 Å². The Labute approximate surface area is 142 Å². The van der Waals surface area contributed by atoms with Gasteiger partial charge in [-0.2, -0.15) is 0 Å². The predicted molar refractivity (Wildman–Crippen MR) is 93.2 cm³/mol. The molecule has 2 aromatic rings. The van der Waals surface area contributed by atoms with Crippen molar-refractivity contribution in [3.8, 4) is 17.2 Å². The average Bonchev–Trinajstić information content (AvgIpc) is 2.52. The Hall–Kier alpha value is -2.69. The van der Waals surface area contributed by atoms with E-state index in [0.717, 1.165) is 22.6 Å². The number of likely N-dealkylation sites (N-methyl/N-ethyl adjacent to an activating group) is 1. The van der Waals surface area contributed by atoms with Gasteiger partial charge in [0.2, 0.25) is 0 Å². The normalized spacial score (nSPS) is 10.3. The van der Waals surface area contributed by atoms with E-state index >= 15 is 0 Å². The maximum Gasteiger partial charge on any atom is 0.407 e. The third kappa shape index (κ3) is 5.19. The summed E-state index contributed by atoms with van der Waals surface area (Å²) < 4.78 is 11.4.